The van der Waals surface area contributed by atoms with Gasteiger partial charge in [0.2, 0.25) is 5.91 Å². The Bertz CT molecular complexity index is 1710. The molecule has 224 valence electrons. The predicted molar refractivity (Wildman–Crippen MR) is 170 cm³/mol. The van der Waals surface area contributed by atoms with Gasteiger partial charge in [0.1, 0.15) is 5.82 Å². The number of ether oxygens (including phenoxy) is 1. The fraction of sp³-hybridized carbons (Fsp3) is 0.364. The van der Waals surface area contributed by atoms with Crippen LogP contribution in [0.3, 0.4) is 0 Å². The SMILES string of the molecule is CCCCc1nc2ccc(N3CCOCC3)cc2c(=O)n1Cc1ccc(-c2ccccc2N(C(=O)C2CC2)S(=O)O)cc1. The molecule has 0 radical (unpaired) electrons. The van der Waals surface area contributed by atoms with Gasteiger partial charge in [-0.2, -0.15) is 0 Å². The fourth-order valence-electron chi connectivity index (χ4n) is 5.60. The number of aryl methyl sites for hydroxylation is 1. The number of hydrogen-bond donors (Lipinski definition) is 1. The quantitative estimate of drug-likeness (QED) is 0.251. The molecule has 1 saturated carbocycles. The first-order valence-corrected chi connectivity index (χ1v) is 16.0. The average molecular weight is 601 g/mol. The van der Waals surface area contributed by atoms with Gasteiger partial charge in [0.15, 0.2) is 0 Å². The molecular weight excluding hydrogens is 564 g/mol. The minimum atomic E-state index is -2.47. The number of nitrogens with zero attached hydrogens (tertiary/aromatic N) is 4. The van der Waals surface area contributed by atoms with Gasteiger partial charge in [-0.1, -0.05) is 55.8 Å². The number of benzene rings is 3. The second-order valence-corrected chi connectivity index (χ2v) is 12.0. The predicted octanol–water partition coefficient (Wildman–Crippen LogP) is 5.17. The lowest BCUT2D eigenvalue weighted by Gasteiger charge is -2.29. The van der Waals surface area contributed by atoms with Gasteiger partial charge >= 0.3 is 0 Å². The molecule has 2 aliphatic rings. The van der Waals surface area contributed by atoms with E-state index in [4.69, 9.17) is 9.72 Å². The van der Waals surface area contributed by atoms with Gasteiger partial charge in [0.25, 0.3) is 16.8 Å². The molecule has 1 N–H and O–H groups in total. The van der Waals surface area contributed by atoms with Crippen molar-refractivity contribution in [2.75, 3.05) is 35.5 Å². The summed E-state index contributed by atoms with van der Waals surface area (Å²) in [6.45, 7) is 5.42. The second kappa shape index (κ2) is 12.8. The number of para-hydroxylation sites is 1. The summed E-state index contributed by atoms with van der Waals surface area (Å²) in [6.07, 6.45) is 4.11. The van der Waals surface area contributed by atoms with Crippen LogP contribution in [0.5, 0.6) is 0 Å². The molecule has 3 aromatic carbocycles. The molecule has 1 saturated heterocycles. The Hall–Kier alpha value is -3.86. The molecule has 1 aliphatic heterocycles. The summed E-state index contributed by atoms with van der Waals surface area (Å²) in [7, 11) is 0. The normalized spacial score (nSPS) is 15.9. The van der Waals surface area contributed by atoms with Crippen LogP contribution >= 0.6 is 0 Å². The van der Waals surface area contributed by atoms with Crippen LogP contribution in [0.4, 0.5) is 11.4 Å². The summed E-state index contributed by atoms with van der Waals surface area (Å²) in [6, 6.07) is 20.9. The number of morpholine rings is 1. The fourth-order valence-corrected chi connectivity index (χ4v) is 6.24. The van der Waals surface area contributed by atoms with E-state index in [-0.39, 0.29) is 17.4 Å². The van der Waals surface area contributed by atoms with Gasteiger partial charge in [-0.25, -0.2) is 13.5 Å². The zero-order chi connectivity index (χ0) is 29.9. The highest BCUT2D eigenvalue weighted by Gasteiger charge is 2.37. The topological polar surface area (TPSA) is 105 Å². The minimum absolute atomic E-state index is 0.0553. The maximum Gasteiger partial charge on any atom is 0.268 e. The minimum Gasteiger partial charge on any atom is -0.378 e. The Kier molecular flexibility index (Phi) is 8.69. The molecule has 1 atom stereocenters. The number of unbranched alkanes of at least 4 members (excludes halogenated alkanes) is 1. The molecule has 2 heterocycles. The number of anilines is 2. The summed E-state index contributed by atoms with van der Waals surface area (Å²) in [5.41, 5.74) is 4.49. The number of amides is 1. The van der Waals surface area contributed by atoms with Crippen molar-refractivity contribution in [1.82, 2.24) is 9.55 Å². The van der Waals surface area contributed by atoms with Crippen LogP contribution in [0.1, 0.15) is 44.0 Å². The molecule has 2 fully saturated rings. The lowest BCUT2D eigenvalue weighted by atomic mass is 10.0. The highest BCUT2D eigenvalue weighted by molar-refractivity contribution is 7.81. The zero-order valence-electron chi connectivity index (χ0n) is 24.3. The lowest BCUT2D eigenvalue weighted by Crippen LogP contribution is -2.36. The molecule has 1 unspecified atom stereocenters. The Morgan fingerprint density at radius 3 is 2.51 bits per heavy atom. The molecule has 4 aromatic rings. The zero-order valence-corrected chi connectivity index (χ0v) is 25.1. The van der Waals surface area contributed by atoms with Crippen LogP contribution < -0.4 is 14.8 Å². The molecule has 1 aromatic heterocycles. The maximum absolute atomic E-state index is 13.9. The molecule has 43 heavy (non-hydrogen) atoms. The first kappa shape index (κ1) is 29.2. The molecule has 9 nitrogen and oxygen atoms in total. The summed E-state index contributed by atoms with van der Waals surface area (Å²) in [5.74, 6) is 0.240. The van der Waals surface area contributed by atoms with E-state index in [1.165, 1.54) is 0 Å². The van der Waals surface area contributed by atoms with Crippen LogP contribution in [0.15, 0.2) is 71.5 Å². The number of aromatic nitrogens is 2. The first-order chi connectivity index (χ1) is 20.9. The van der Waals surface area contributed by atoms with E-state index in [0.29, 0.717) is 48.3 Å². The monoisotopic (exact) mass is 600 g/mol. The molecule has 1 aliphatic carbocycles. The van der Waals surface area contributed by atoms with E-state index in [2.05, 4.69) is 11.8 Å². The molecule has 0 spiro atoms. The van der Waals surface area contributed by atoms with Gasteiger partial charge in [-0.3, -0.25) is 18.7 Å². The third-order valence-corrected chi connectivity index (χ3v) is 8.85. The third-order valence-electron chi connectivity index (χ3n) is 8.16. The van der Waals surface area contributed by atoms with E-state index < -0.39 is 11.3 Å². The van der Waals surface area contributed by atoms with Crippen molar-refractivity contribution in [3.63, 3.8) is 0 Å². The number of fused-ring (bicyclic) bond motifs is 1. The summed E-state index contributed by atoms with van der Waals surface area (Å²) < 4.78 is 30.5. The Morgan fingerprint density at radius 2 is 1.81 bits per heavy atom. The van der Waals surface area contributed by atoms with Crippen molar-refractivity contribution in [3.8, 4) is 11.1 Å². The highest BCUT2D eigenvalue weighted by Crippen LogP contribution is 2.37. The molecule has 0 bridgehead atoms. The van der Waals surface area contributed by atoms with E-state index in [9.17, 15) is 18.4 Å². The second-order valence-electron chi connectivity index (χ2n) is 11.2. The van der Waals surface area contributed by atoms with Crippen molar-refractivity contribution in [1.29, 1.82) is 0 Å². The van der Waals surface area contributed by atoms with E-state index >= 15 is 0 Å². The van der Waals surface area contributed by atoms with Crippen LogP contribution in [0, 0.1) is 5.92 Å². The van der Waals surface area contributed by atoms with Gasteiger partial charge in [0, 0.05) is 36.7 Å². The maximum atomic E-state index is 13.9. The standard InChI is InChI=1S/C33H36N4O5S/c1-2-3-8-31-34-29-16-15-26(35-17-19-42-20-18-35)21-28(29)33(39)36(31)22-23-9-11-24(12-10-23)27-6-4-5-7-30(27)37(43(40)41)32(38)25-13-14-25/h4-7,9-12,15-16,21,25H,2-3,8,13-14,17-20,22H2,1H3,(H,40,41). The van der Waals surface area contributed by atoms with E-state index in [0.717, 1.165) is 65.7 Å². The lowest BCUT2D eigenvalue weighted by molar-refractivity contribution is -0.118. The molecular formula is C33H36N4O5S. The van der Waals surface area contributed by atoms with Crippen molar-refractivity contribution < 1.29 is 18.3 Å². The van der Waals surface area contributed by atoms with Gasteiger partial charge in [-0.05, 0) is 54.7 Å². The average Bonchev–Trinajstić information content (AvgIpc) is 3.88. The Balaban J connectivity index is 1.33. The smallest absolute Gasteiger partial charge is 0.268 e. The van der Waals surface area contributed by atoms with Crippen LogP contribution in [-0.4, -0.2) is 50.5 Å². The number of rotatable bonds is 10. The van der Waals surface area contributed by atoms with Crippen molar-refractivity contribution in [2.45, 2.75) is 45.6 Å². The van der Waals surface area contributed by atoms with Gasteiger partial charge in [-0.15, -0.1) is 0 Å². The van der Waals surface area contributed by atoms with Crippen LogP contribution in [0.2, 0.25) is 0 Å². The highest BCUT2D eigenvalue weighted by atomic mass is 32.2. The number of carbonyl (C=O) groups excluding carboxylic acids is 1. The largest absolute Gasteiger partial charge is 0.378 e. The van der Waals surface area contributed by atoms with Crippen molar-refractivity contribution >= 4 is 39.5 Å². The Morgan fingerprint density at radius 1 is 1.07 bits per heavy atom. The summed E-state index contributed by atoms with van der Waals surface area (Å²) in [4.78, 5) is 34.0. The van der Waals surface area contributed by atoms with Gasteiger partial charge in [0.05, 0.1) is 36.3 Å². The van der Waals surface area contributed by atoms with Crippen molar-refractivity contribution in [2.24, 2.45) is 5.92 Å². The number of carbonyl (C=O) groups is 1. The first-order valence-electron chi connectivity index (χ1n) is 14.9. The summed E-state index contributed by atoms with van der Waals surface area (Å²) in [5, 5.41) is 0.604. The molecule has 1 amide bonds. The number of hydrogen-bond acceptors (Lipinski definition) is 6. The van der Waals surface area contributed by atoms with Crippen LogP contribution in [0.25, 0.3) is 22.0 Å². The van der Waals surface area contributed by atoms with Crippen LogP contribution in [-0.2, 0) is 33.8 Å². The van der Waals surface area contributed by atoms with E-state index in [1.54, 1.807) is 16.7 Å². The summed E-state index contributed by atoms with van der Waals surface area (Å²) >= 11 is -2.47. The van der Waals surface area contributed by atoms with E-state index in [1.807, 2.05) is 54.6 Å². The Labute approximate surface area is 253 Å². The van der Waals surface area contributed by atoms with Crippen molar-refractivity contribution in [3.05, 3.63) is 88.5 Å². The molecule has 6 rings (SSSR count). The molecule has 10 heteroatoms. The third kappa shape index (κ3) is 6.27. The van der Waals surface area contributed by atoms with Gasteiger partial charge < -0.3 is 9.64 Å².